The van der Waals surface area contributed by atoms with Gasteiger partial charge in [-0.1, -0.05) is 0 Å². The first-order valence-electron chi connectivity index (χ1n) is 5.41. The van der Waals surface area contributed by atoms with Gasteiger partial charge in [-0.25, -0.2) is 0 Å². The molecule has 0 saturated carbocycles. The Morgan fingerprint density at radius 2 is 1.94 bits per heavy atom. The SMILES string of the molecule is CCNc1nnc(CNCC(F)(F)F)n1CC. The summed E-state index contributed by atoms with van der Waals surface area (Å²) < 4.78 is 37.6. The third-order valence-corrected chi connectivity index (χ3v) is 2.09. The molecule has 1 heterocycles. The Bertz CT molecular complexity index is 347. The number of nitrogens with one attached hydrogen (secondary N) is 2. The Morgan fingerprint density at radius 3 is 2.47 bits per heavy atom. The Kier molecular flexibility index (Phi) is 4.73. The number of halogens is 3. The molecule has 0 bridgehead atoms. The maximum absolute atomic E-state index is 11.9. The van der Waals surface area contributed by atoms with Crippen LogP contribution >= 0.6 is 0 Å². The second kappa shape index (κ2) is 5.85. The molecule has 0 unspecified atom stereocenters. The Morgan fingerprint density at radius 1 is 1.24 bits per heavy atom. The summed E-state index contributed by atoms with van der Waals surface area (Å²) in [5.41, 5.74) is 0. The highest BCUT2D eigenvalue weighted by molar-refractivity contribution is 5.25. The lowest BCUT2D eigenvalue weighted by molar-refractivity contribution is -0.125. The molecule has 17 heavy (non-hydrogen) atoms. The van der Waals surface area contributed by atoms with Crippen molar-refractivity contribution in [2.45, 2.75) is 33.1 Å². The van der Waals surface area contributed by atoms with Crippen LogP contribution in [-0.4, -0.2) is 34.0 Å². The normalized spacial score (nSPS) is 11.8. The third kappa shape index (κ3) is 4.22. The summed E-state index contributed by atoms with van der Waals surface area (Å²) >= 11 is 0. The van der Waals surface area contributed by atoms with Gasteiger partial charge in [0.15, 0.2) is 0 Å². The molecule has 8 heteroatoms. The van der Waals surface area contributed by atoms with Gasteiger partial charge in [0.1, 0.15) is 5.82 Å². The molecule has 0 amide bonds. The summed E-state index contributed by atoms with van der Waals surface area (Å²) in [5, 5.41) is 13.0. The van der Waals surface area contributed by atoms with Crippen LogP contribution in [0.1, 0.15) is 19.7 Å². The molecular formula is C9H16F3N5. The minimum absolute atomic E-state index is 0.0474. The molecule has 0 spiro atoms. The first kappa shape index (κ1) is 13.8. The zero-order valence-electron chi connectivity index (χ0n) is 9.80. The average molecular weight is 251 g/mol. The van der Waals surface area contributed by atoms with Crippen LogP contribution in [0.3, 0.4) is 0 Å². The Hall–Kier alpha value is -1.31. The van der Waals surface area contributed by atoms with Crippen molar-refractivity contribution in [3.8, 4) is 0 Å². The quantitative estimate of drug-likeness (QED) is 0.802. The second-order valence-electron chi connectivity index (χ2n) is 3.43. The van der Waals surface area contributed by atoms with Crippen molar-refractivity contribution in [2.24, 2.45) is 0 Å². The number of rotatable bonds is 6. The van der Waals surface area contributed by atoms with E-state index in [0.29, 0.717) is 24.9 Å². The van der Waals surface area contributed by atoms with Gasteiger partial charge in [-0.2, -0.15) is 13.2 Å². The summed E-state index contributed by atoms with van der Waals surface area (Å²) in [5.74, 6) is 1.08. The van der Waals surface area contributed by atoms with E-state index in [0.717, 1.165) is 0 Å². The number of alkyl halides is 3. The van der Waals surface area contributed by atoms with Crippen molar-refractivity contribution in [1.29, 1.82) is 0 Å². The zero-order valence-corrected chi connectivity index (χ0v) is 9.80. The lowest BCUT2D eigenvalue weighted by Crippen LogP contribution is -2.29. The third-order valence-electron chi connectivity index (χ3n) is 2.09. The number of aromatic nitrogens is 3. The fourth-order valence-electron chi connectivity index (χ4n) is 1.40. The minimum Gasteiger partial charge on any atom is -0.355 e. The molecule has 98 valence electrons. The van der Waals surface area contributed by atoms with Gasteiger partial charge in [0.05, 0.1) is 13.1 Å². The molecule has 0 radical (unpaired) electrons. The molecule has 1 aromatic rings. The van der Waals surface area contributed by atoms with Gasteiger partial charge in [-0.05, 0) is 13.8 Å². The first-order chi connectivity index (χ1) is 7.98. The van der Waals surface area contributed by atoms with E-state index in [-0.39, 0.29) is 6.54 Å². The Balaban J connectivity index is 2.59. The van der Waals surface area contributed by atoms with E-state index >= 15 is 0 Å². The summed E-state index contributed by atoms with van der Waals surface area (Å²) in [6.45, 7) is 4.12. The van der Waals surface area contributed by atoms with Gasteiger partial charge in [-0.3, -0.25) is 4.57 Å². The van der Waals surface area contributed by atoms with Crippen LogP contribution in [0.5, 0.6) is 0 Å². The highest BCUT2D eigenvalue weighted by Crippen LogP contribution is 2.13. The van der Waals surface area contributed by atoms with E-state index in [1.165, 1.54) is 0 Å². The summed E-state index contributed by atoms with van der Waals surface area (Å²) in [6.07, 6.45) is -4.21. The zero-order chi connectivity index (χ0) is 12.9. The molecule has 0 atom stereocenters. The molecule has 2 N–H and O–H groups in total. The van der Waals surface area contributed by atoms with Crippen molar-refractivity contribution in [1.82, 2.24) is 20.1 Å². The van der Waals surface area contributed by atoms with E-state index in [9.17, 15) is 13.2 Å². The van der Waals surface area contributed by atoms with Gasteiger partial charge < -0.3 is 10.6 Å². The minimum atomic E-state index is -4.21. The lowest BCUT2D eigenvalue weighted by Gasteiger charge is -2.10. The predicted molar refractivity (Wildman–Crippen MR) is 57.6 cm³/mol. The van der Waals surface area contributed by atoms with E-state index in [1.54, 1.807) is 4.57 Å². The van der Waals surface area contributed by atoms with Crippen LogP contribution < -0.4 is 10.6 Å². The first-order valence-corrected chi connectivity index (χ1v) is 5.41. The fourth-order valence-corrected chi connectivity index (χ4v) is 1.40. The van der Waals surface area contributed by atoms with Gasteiger partial charge in [0.2, 0.25) is 5.95 Å². The number of hydrogen-bond acceptors (Lipinski definition) is 4. The summed E-state index contributed by atoms with van der Waals surface area (Å²) in [6, 6.07) is 0. The van der Waals surface area contributed by atoms with Gasteiger partial charge >= 0.3 is 6.18 Å². The Labute approximate surface area is 97.4 Å². The highest BCUT2D eigenvalue weighted by Gasteiger charge is 2.26. The lowest BCUT2D eigenvalue weighted by atomic mass is 10.5. The monoisotopic (exact) mass is 251 g/mol. The highest BCUT2D eigenvalue weighted by atomic mass is 19.4. The fraction of sp³-hybridized carbons (Fsp3) is 0.778. The van der Waals surface area contributed by atoms with Crippen molar-refractivity contribution in [3.05, 3.63) is 5.82 Å². The topological polar surface area (TPSA) is 54.8 Å². The smallest absolute Gasteiger partial charge is 0.355 e. The number of nitrogens with zero attached hydrogens (tertiary/aromatic N) is 3. The molecule has 0 aliphatic carbocycles. The van der Waals surface area contributed by atoms with Gasteiger partial charge in [-0.15, -0.1) is 10.2 Å². The van der Waals surface area contributed by atoms with Crippen molar-refractivity contribution >= 4 is 5.95 Å². The van der Waals surface area contributed by atoms with Crippen LogP contribution in [0.15, 0.2) is 0 Å². The standard InChI is InChI=1S/C9H16F3N5/c1-3-14-8-16-15-7(17(8)4-2)5-13-6-9(10,11)12/h13H,3-6H2,1-2H3,(H,14,16). The molecule has 0 aliphatic heterocycles. The van der Waals surface area contributed by atoms with Crippen LogP contribution in [0.25, 0.3) is 0 Å². The molecule has 0 fully saturated rings. The molecule has 0 aromatic carbocycles. The average Bonchev–Trinajstić information content (AvgIpc) is 2.59. The summed E-state index contributed by atoms with van der Waals surface area (Å²) in [4.78, 5) is 0. The van der Waals surface area contributed by atoms with E-state index < -0.39 is 12.7 Å². The number of hydrogen-bond donors (Lipinski definition) is 2. The van der Waals surface area contributed by atoms with Crippen molar-refractivity contribution in [2.75, 3.05) is 18.4 Å². The molecule has 1 rings (SSSR count). The van der Waals surface area contributed by atoms with E-state index in [4.69, 9.17) is 0 Å². The van der Waals surface area contributed by atoms with E-state index in [1.807, 2.05) is 13.8 Å². The van der Waals surface area contributed by atoms with Crippen LogP contribution in [-0.2, 0) is 13.1 Å². The van der Waals surface area contributed by atoms with Crippen LogP contribution in [0.2, 0.25) is 0 Å². The van der Waals surface area contributed by atoms with Crippen molar-refractivity contribution in [3.63, 3.8) is 0 Å². The molecular weight excluding hydrogens is 235 g/mol. The van der Waals surface area contributed by atoms with Crippen molar-refractivity contribution < 1.29 is 13.2 Å². The predicted octanol–water partition coefficient (Wildman–Crippen LogP) is 1.38. The molecule has 5 nitrogen and oxygen atoms in total. The maximum Gasteiger partial charge on any atom is 0.401 e. The van der Waals surface area contributed by atoms with Crippen LogP contribution in [0, 0.1) is 0 Å². The largest absolute Gasteiger partial charge is 0.401 e. The molecule has 1 aromatic heterocycles. The second-order valence-corrected chi connectivity index (χ2v) is 3.43. The molecule has 0 saturated heterocycles. The van der Waals surface area contributed by atoms with Gasteiger partial charge in [0.25, 0.3) is 0 Å². The summed E-state index contributed by atoms with van der Waals surface area (Å²) in [7, 11) is 0. The number of anilines is 1. The maximum atomic E-state index is 11.9. The van der Waals surface area contributed by atoms with Gasteiger partial charge in [0, 0.05) is 13.1 Å². The van der Waals surface area contributed by atoms with Crippen LogP contribution in [0.4, 0.5) is 19.1 Å². The molecule has 0 aliphatic rings. The van der Waals surface area contributed by atoms with E-state index in [2.05, 4.69) is 20.8 Å².